The van der Waals surface area contributed by atoms with E-state index in [2.05, 4.69) is 10.3 Å². The monoisotopic (exact) mass is 316 g/mol. The van der Waals surface area contributed by atoms with Crippen molar-refractivity contribution in [3.63, 3.8) is 0 Å². The van der Waals surface area contributed by atoms with E-state index in [-0.39, 0.29) is 11.7 Å². The molecular weight excluding hydrogens is 303 g/mol. The summed E-state index contributed by atoms with van der Waals surface area (Å²) in [6.45, 7) is 0.487. The van der Waals surface area contributed by atoms with E-state index in [1.165, 1.54) is 12.1 Å². The molecule has 1 aromatic heterocycles. The summed E-state index contributed by atoms with van der Waals surface area (Å²) >= 11 is 5.93. The average molecular weight is 317 g/mol. The number of carbonyl (C=O) groups excluding carboxylic acids is 1. The third kappa shape index (κ3) is 3.28. The van der Waals surface area contributed by atoms with Crippen LogP contribution in [0.2, 0.25) is 5.02 Å². The lowest BCUT2D eigenvalue weighted by molar-refractivity contribution is 0.0950. The van der Waals surface area contributed by atoms with Gasteiger partial charge in [-0.25, -0.2) is 4.39 Å². The Kier molecular flexibility index (Phi) is 4.11. The highest BCUT2D eigenvalue weighted by atomic mass is 35.5. The third-order valence-electron chi connectivity index (χ3n) is 3.44. The van der Waals surface area contributed by atoms with E-state index in [4.69, 9.17) is 11.6 Å². The van der Waals surface area contributed by atoms with Crippen LogP contribution >= 0.6 is 11.6 Å². The lowest BCUT2D eigenvalue weighted by Gasteiger charge is -2.04. The number of H-pyrrole nitrogens is 1. The van der Waals surface area contributed by atoms with Gasteiger partial charge in [-0.2, -0.15) is 0 Å². The molecule has 3 aromatic rings. The van der Waals surface area contributed by atoms with E-state index in [0.717, 1.165) is 16.5 Å². The smallest absolute Gasteiger partial charge is 0.267 e. The first-order valence-corrected chi connectivity index (χ1v) is 7.30. The van der Waals surface area contributed by atoms with Crippen molar-refractivity contribution in [2.45, 2.75) is 6.42 Å². The topological polar surface area (TPSA) is 44.9 Å². The Balaban J connectivity index is 1.62. The fraction of sp³-hybridized carbons (Fsp3) is 0.118. The summed E-state index contributed by atoms with van der Waals surface area (Å²) in [6.07, 6.45) is 0.651. The molecule has 5 heteroatoms. The number of hydrogen-bond acceptors (Lipinski definition) is 1. The molecule has 0 saturated carbocycles. The molecule has 0 aliphatic heterocycles. The van der Waals surface area contributed by atoms with Gasteiger partial charge in [0.05, 0.1) is 0 Å². The van der Waals surface area contributed by atoms with Crippen LogP contribution in [-0.4, -0.2) is 17.4 Å². The lowest BCUT2D eigenvalue weighted by atomic mass is 10.1. The molecule has 0 radical (unpaired) electrons. The number of aromatic amines is 1. The van der Waals surface area contributed by atoms with Crippen LogP contribution in [0.3, 0.4) is 0 Å². The van der Waals surface area contributed by atoms with Crippen molar-refractivity contribution in [1.29, 1.82) is 0 Å². The van der Waals surface area contributed by atoms with Crippen LogP contribution in [0.25, 0.3) is 10.9 Å². The molecule has 2 aromatic carbocycles. The van der Waals surface area contributed by atoms with Gasteiger partial charge in [0.1, 0.15) is 11.5 Å². The van der Waals surface area contributed by atoms with Crippen LogP contribution in [0.15, 0.2) is 48.5 Å². The number of amides is 1. The summed E-state index contributed by atoms with van der Waals surface area (Å²) < 4.78 is 12.8. The molecule has 1 amide bonds. The second kappa shape index (κ2) is 6.20. The molecule has 0 spiro atoms. The van der Waals surface area contributed by atoms with Gasteiger partial charge >= 0.3 is 0 Å². The predicted molar refractivity (Wildman–Crippen MR) is 85.7 cm³/mol. The van der Waals surface area contributed by atoms with Crippen molar-refractivity contribution in [2.24, 2.45) is 0 Å². The SMILES string of the molecule is O=C(NCCc1ccc(F)cc1)c1cc2cc(Cl)ccc2[nH]1. The largest absolute Gasteiger partial charge is 0.351 e. The zero-order valence-electron chi connectivity index (χ0n) is 11.7. The number of carbonyl (C=O) groups is 1. The molecule has 0 fully saturated rings. The molecule has 112 valence electrons. The fourth-order valence-electron chi connectivity index (χ4n) is 2.29. The van der Waals surface area contributed by atoms with Crippen LogP contribution in [0.1, 0.15) is 16.1 Å². The zero-order valence-corrected chi connectivity index (χ0v) is 12.5. The molecule has 0 bridgehead atoms. The summed E-state index contributed by atoms with van der Waals surface area (Å²) in [5.41, 5.74) is 2.34. The molecule has 22 heavy (non-hydrogen) atoms. The van der Waals surface area contributed by atoms with Gasteiger partial charge in [0, 0.05) is 22.5 Å². The van der Waals surface area contributed by atoms with Gasteiger partial charge in [-0.1, -0.05) is 23.7 Å². The Labute approximate surface area is 132 Å². The molecule has 0 atom stereocenters. The van der Waals surface area contributed by atoms with Crippen molar-refractivity contribution in [3.05, 3.63) is 70.6 Å². The maximum Gasteiger partial charge on any atom is 0.267 e. The van der Waals surface area contributed by atoms with Crippen LogP contribution in [-0.2, 0) is 6.42 Å². The number of hydrogen-bond donors (Lipinski definition) is 2. The molecule has 0 aliphatic rings. The number of rotatable bonds is 4. The highest BCUT2D eigenvalue weighted by molar-refractivity contribution is 6.31. The normalized spacial score (nSPS) is 10.8. The zero-order chi connectivity index (χ0) is 15.5. The Hall–Kier alpha value is -2.33. The number of aromatic nitrogens is 1. The van der Waals surface area contributed by atoms with Gasteiger partial charge in [0.2, 0.25) is 0 Å². The fourth-order valence-corrected chi connectivity index (χ4v) is 2.47. The molecule has 2 N–H and O–H groups in total. The lowest BCUT2D eigenvalue weighted by Crippen LogP contribution is -2.25. The van der Waals surface area contributed by atoms with Gasteiger partial charge in [-0.15, -0.1) is 0 Å². The summed E-state index contributed by atoms with van der Waals surface area (Å²) in [6, 6.07) is 13.5. The Morgan fingerprint density at radius 3 is 2.68 bits per heavy atom. The number of nitrogens with one attached hydrogen (secondary N) is 2. The number of benzene rings is 2. The highest BCUT2D eigenvalue weighted by Crippen LogP contribution is 2.20. The quantitative estimate of drug-likeness (QED) is 0.752. The van der Waals surface area contributed by atoms with E-state index < -0.39 is 0 Å². The Bertz CT molecular complexity index is 811. The van der Waals surface area contributed by atoms with Crippen LogP contribution in [0.4, 0.5) is 4.39 Å². The second-order valence-electron chi connectivity index (χ2n) is 5.05. The first kappa shape index (κ1) is 14.6. The highest BCUT2D eigenvalue weighted by Gasteiger charge is 2.09. The Morgan fingerprint density at radius 2 is 1.91 bits per heavy atom. The van der Waals surface area contributed by atoms with E-state index >= 15 is 0 Å². The maximum absolute atomic E-state index is 12.8. The van der Waals surface area contributed by atoms with Gasteiger partial charge in [-0.3, -0.25) is 4.79 Å². The molecular formula is C17H14ClFN2O. The minimum absolute atomic E-state index is 0.172. The molecule has 0 saturated heterocycles. The summed E-state index contributed by atoms with van der Waals surface area (Å²) in [5.74, 6) is -0.432. The summed E-state index contributed by atoms with van der Waals surface area (Å²) in [4.78, 5) is 15.2. The van der Waals surface area contributed by atoms with Gasteiger partial charge in [-0.05, 0) is 48.4 Å². The van der Waals surface area contributed by atoms with Crippen molar-refractivity contribution < 1.29 is 9.18 Å². The van der Waals surface area contributed by atoms with E-state index in [1.54, 1.807) is 24.3 Å². The van der Waals surface area contributed by atoms with E-state index in [9.17, 15) is 9.18 Å². The standard InChI is InChI=1S/C17H14ClFN2O/c18-13-3-6-15-12(9-13)10-16(21-15)17(22)20-8-7-11-1-4-14(19)5-2-11/h1-6,9-10,21H,7-8H2,(H,20,22). The average Bonchev–Trinajstić information content (AvgIpc) is 2.92. The van der Waals surface area contributed by atoms with Crippen molar-refractivity contribution in [1.82, 2.24) is 10.3 Å². The summed E-state index contributed by atoms with van der Waals surface area (Å²) in [7, 11) is 0. The van der Waals surface area contributed by atoms with E-state index in [1.807, 2.05) is 12.1 Å². The molecule has 1 heterocycles. The second-order valence-corrected chi connectivity index (χ2v) is 5.48. The van der Waals surface area contributed by atoms with Crippen LogP contribution in [0.5, 0.6) is 0 Å². The van der Waals surface area contributed by atoms with Gasteiger partial charge < -0.3 is 10.3 Å². The third-order valence-corrected chi connectivity index (χ3v) is 3.68. The predicted octanol–water partition coefficient (Wildman–Crippen LogP) is 3.93. The van der Waals surface area contributed by atoms with Crippen LogP contribution < -0.4 is 5.32 Å². The molecule has 3 rings (SSSR count). The molecule has 0 aliphatic carbocycles. The van der Waals surface area contributed by atoms with Crippen molar-refractivity contribution >= 4 is 28.4 Å². The summed E-state index contributed by atoms with van der Waals surface area (Å²) in [5, 5.41) is 4.37. The first-order valence-electron chi connectivity index (χ1n) is 6.93. The van der Waals surface area contributed by atoms with E-state index in [0.29, 0.717) is 23.7 Å². The maximum atomic E-state index is 12.8. The first-order chi connectivity index (χ1) is 10.6. The number of fused-ring (bicyclic) bond motifs is 1. The van der Waals surface area contributed by atoms with Gasteiger partial charge in [0.25, 0.3) is 5.91 Å². The minimum atomic E-state index is -0.260. The Morgan fingerprint density at radius 1 is 1.14 bits per heavy atom. The van der Waals surface area contributed by atoms with Crippen LogP contribution in [0, 0.1) is 5.82 Å². The number of halogens is 2. The minimum Gasteiger partial charge on any atom is -0.351 e. The molecule has 3 nitrogen and oxygen atoms in total. The van der Waals surface area contributed by atoms with Crippen molar-refractivity contribution in [3.8, 4) is 0 Å². The van der Waals surface area contributed by atoms with Crippen molar-refractivity contribution in [2.75, 3.05) is 6.54 Å². The van der Waals surface area contributed by atoms with Gasteiger partial charge in [0.15, 0.2) is 0 Å². The molecule has 0 unspecified atom stereocenters.